The Bertz CT molecular complexity index is 654. The zero-order chi connectivity index (χ0) is 14.7. The van der Waals surface area contributed by atoms with Crippen LogP contribution in [0.1, 0.15) is 22.5 Å². The minimum atomic E-state index is -0.350. The molecule has 0 bridgehead atoms. The van der Waals surface area contributed by atoms with Crippen LogP contribution < -0.4 is 5.32 Å². The average Bonchev–Trinajstić information content (AvgIpc) is 2.39. The number of hydrogen-bond acceptors (Lipinski definition) is 4. The van der Waals surface area contributed by atoms with E-state index in [0.29, 0.717) is 12.1 Å². The lowest BCUT2D eigenvalue weighted by molar-refractivity contribution is -0.385. The third-order valence-electron chi connectivity index (χ3n) is 3.18. The summed E-state index contributed by atoms with van der Waals surface area (Å²) in [7, 11) is 0. The van der Waals surface area contributed by atoms with Crippen LogP contribution in [0.3, 0.4) is 0 Å². The first-order chi connectivity index (χ1) is 9.47. The van der Waals surface area contributed by atoms with Crippen LogP contribution in [0.25, 0.3) is 0 Å². The molecular formula is C15H17N3O2. The van der Waals surface area contributed by atoms with Crippen molar-refractivity contribution in [3.8, 4) is 0 Å². The standard InChI is InChI=1S/C15H17N3O2/c1-10-4-6-13(8-15(10)18(19)20)9-16-14-7-5-11(2)17-12(14)3/h4-8,16H,9H2,1-3H3. The molecule has 1 aromatic carbocycles. The molecule has 0 fully saturated rings. The van der Waals surface area contributed by atoms with Crippen molar-refractivity contribution in [1.82, 2.24) is 4.98 Å². The smallest absolute Gasteiger partial charge is 0.272 e. The Balaban J connectivity index is 2.15. The van der Waals surface area contributed by atoms with Crippen molar-refractivity contribution >= 4 is 11.4 Å². The molecule has 104 valence electrons. The van der Waals surface area contributed by atoms with Crippen LogP contribution >= 0.6 is 0 Å². The predicted molar refractivity (Wildman–Crippen MR) is 78.9 cm³/mol. The van der Waals surface area contributed by atoms with Gasteiger partial charge in [-0.3, -0.25) is 15.1 Å². The largest absolute Gasteiger partial charge is 0.379 e. The van der Waals surface area contributed by atoms with Crippen LogP contribution in [0.5, 0.6) is 0 Å². The maximum Gasteiger partial charge on any atom is 0.272 e. The third-order valence-corrected chi connectivity index (χ3v) is 3.18. The van der Waals surface area contributed by atoms with Crippen molar-refractivity contribution in [2.45, 2.75) is 27.3 Å². The lowest BCUT2D eigenvalue weighted by Crippen LogP contribution is -2.03. The highest BCUT2D eigenvalue weighted by atomic mass is 16.6. The van der Waals surface area contributed by atoms with Crippen molar-refractivity contribution in [2.24, 2.45) is 0 Å². The van der Waals surface area contributed by atoms with Crippen molar-refractivity contribution in [3.05, 3.63) is 63.0 Å². The van der Waals surface area contributed by atoms with E-state index in [1.54, 1.807) is 19.1 Å². The summed E-state index contributed by atoms with van der Waals surface area (Å²) in [4.78, 5) is 14.9. The first-order valence-electron chi connectivity index (χ1n) is 6.39. The van der Waals surface area contributed by atoms with Crippen LogP contribution in [0, 0.1) is 30.9 Å². The van der Waals surface area contributed by atoms with E-state index in [1.165, 1.54) is 0 Å². The van der Waals surface area contributed by atoms with Crippen LogP contribution in [0.4, 0.5) is 11.4 Å². The van der Waals surface area contributed by atoms with E-state index in [1.807, 2.05) is 32.0 Å². The predicted octanol–water partition coefficient (Wildman–Crippen LogP) is 3.53. The zero-order valence-electron chi connectivity index (χ0n) is 11.8. The van der Waals surface area contributed by atoms with E-state index in [-0.39, 0.29) is 10.6 Å². The van der Waals surface area contributed by atoms with E-state index >= 15 is 0 Å². The Morgan fingerprint density at radius 2 is 1.95 bits per heavy atom. The van der Waals surface area contributed by atoms with Gasteiger partial charge in [-0.25, -0.2) is 0 Å². The number of nitro groups is 1. The van der Waals surface area contributed by atoms with E-state index < -0.39 is 0 Å². The van der Waals surface area contributed by atoms with E-state index in [0.717, 1.165) is 22.6 Å². The van der Waals surface area contributed by atoms with E-state index in [9.17, 15) is 10.1 Å². The van der Waals surface area contributed by atoms with Crippen LogP contribution in [0.15, 0.2) is 30.3 Å². The maximum absolute atomic E-state index is 10.9. The van der Waals surface area contributed by atoms with Gasteiger partial charge in [0.15, 0.2) is 0 Å². The molecule has 0 atom stereocenters. The van der Waals surface area contributed by atoms with Crippen molar-refractivity contribution < 1.29 is 4.92 Å². The molecule has 0 saturated heterocycles. The number of nitrogens with one attached hydrogen (secondary N) is 1. The molecule has 0 unspecified atom stereocenters. The molecule has 1 N–H and O–H groups in total. The molecule has 0 amide bonds. The summed E-state index contributed by atoms with van der Waals surface area (Å²) >= 11 is 0. The van der Waals surface area contributed by atoms with Crippen LogP contribution in [-0.2, 0) is 6.54 Å². The van der Waals surface area contributed by atoms with Gasteiger partial charge in [0, 0.05) is 23.9 Å². The lowest BCUT2D eigenvalue weighted by Gasteiger charge is -2.10. The van der Waals surface area contributed by atoms with Gasteiger partial charge in [-0.05, 0) is 38.5 Å². The lowest BCUT2D eigenvalue weighted by atomic mass is 10.1. The Morgan fingerprint density at radius 3 is 2.60 bits per heavy atom. The topological polar surface area (TPSA) is 68.1 Å². The Hall–Kier alpha value is -2.43. The van der Waals surface area contributed by atoms with Gasteiger partial charge in [0.05, 0.1) is 16.3 Å². The number of hydrogen-bond donors (Lipinski definition) is 1. The Kier molecular flexibility index (Phi) is 3.98. The second-order valence-corrected chi connectivity index (χ2v) is 4.82. The second-order valence-electron chi connectivity index (χ2n) is 4.82. The minimum Gasteiger partial charge on any atom is -0.379 e. The fourth-order valence-corrected chi connectivity index (χ4v) is 2.03. The normalized spacial score (nSPS) is 10.3. The summed E-state index contributed by atoms with van der Waals surface area (Å²) in [6, 6.07) is 9.19. The van der Waals surface area contributed by atoms with Gasteiger partial charge in [0.1, 0.15) is 0 Å². The summed E-state index contributed by atoms with van der Waals surface area (Å²) in [6.45, 7) is 6.16. The maximum atomic E-state index is 10.9. The highest BCUT2D eigenvalue weighted by molar-refractivity contribution is 5.49. The molecule has 0 aliphatic heterocycles. The summed E-state index contributed by atoms with van der Waals surface area (Å²) in [5.74, 6) is 0. The number of aryl methyl sites for hydroxylation is 3. The SMILES string of the molecule is Cc1ccc(NCc2ccc(C)c([N+](=O)[O-])c2)c(C)n1. The van der Waals surface area contributed by atoms with Crippen molar-refractivity contribution in [1.29, 1.82) is 0 Å². The van der Waals surface area contributed by atoms with Gasteiger partial charge in [-0.1, -0.05) is 12.1 Å². The van der Waals surface area contributed by atoms with Gasteiger partial charge in [0.25, 0.3) is 5.69 Å². The first kappa shape index (κ1) is 14.0. The van der Waals surface area contributed by atoms with E-state index in [4.69, 9.17) is 0 Å². The van der Waals surface area contributed by atoms with Gasteiger partial charge < -0.3 is 5.32 Å². The third kappa shape index (κ3) is 3.12. The molecule has 0 aliphatic rings. The Morgan fingerprint density at radius 1 is 1.20 bits per heavy atom. The number of rotatable bonds is 4. The molecule has 0 radical (unpaired) electrons. The quantitative estimate of drug-likeness (QED) is 0.682. The van der Waals surface area contributed by atoms with Gasteiger partial charge >= 0.3 is 0 Å². The number of pyridine rings is 1. The van der Waals surface area contributed by atoms with Gasteiger partial charge in [-0.2, -0.15) is 0 Å². The van der Waals surface area contributed by atoms with Crippen molar-refractivity contribution in [2.75, 3.05) is 5.32 Å². The number of anilines is 1. The number of aromatic nitrogens is 1. The van der Waals surface area contributed by atoms with Crippen LogP contribution in [0.2, 0.25) is 0 Å². The molecular weight excluding hydrogens is 254 g/mol. The first-order valence-corrected chi connectivity index (χ1v) is 6.39. The molecule has 1 aromatic heterocycles. The molecule has 5 heteroatoms. The molecule has 2 rings (SSSR count). The number of nitro benzene ring substituents is 1. The Labute approximate surface area is 117 Å². The average molecular weight is 271 g/mol. The molecule has 0 aliphatic carbocycles. The fraction of sp³-hybridized carbons (Fsp3) is 0.267. The van der Waals surface area contributed by atoms with E-state index in [2.05, 4.69) is 10.3 Å². The van der Waals surface area contributed by atoms with Crippen LogP contribution in [-0.4, -0.2) is 9.91 Å². The highest BCUT2D eigenvalue weighted by Crippen LogP contribution is 2.20. The molecule has 0 saturated carbocycles. The minimum absolute atomic E-state index is 0.156. The monoisotopic (exact) mass is 271 g/mol. The summed E-state index contributed by atoms with van der Waals surface area (Å²) < 4.78 is 0. The number of nitrogens with zero attached hydrogens (tertiary/aromatic N) is 2. The van der Waals surface area contributed by atoms with Gasteiger partial charge in [0.2, 0.25) is 0 Å². The summed E-state index contributed by atoms with van der Waals surface area (Å²) in [6.07, 6.45) is 0. The zero-order valence-corrected chi connectivity index (χ0v) is 11.8. The molecule has 5 nitrogen and oxygen atoms in total. The summed E-state index contributed by atoms with van der Waals surface area (Å²) in [5.41, 5.74) is 4.54. The molecule has 1 heterocycles. The fourth-order valence-electron chi connectivity index (χ4n) is 2.03. The molecule has 2 aromatic rings. The molecule has 20 heavy (non-hydrogen) atoms. The molecule has 0 spiro atoms. The second kappa shape index (κ2) is 5.69. The van der Waals surface area contributed by atoms with Gasteiger partial charge in [-0.15, -0.1) is 0 Å². The highest BCUT2D eigenvalue weighted by Gasteiger charge is 2.10. The van der Waals surface area contributed by atoms with Crippen molar-refractivity contribution in [3.63, 3.8) is 0 Å². The number of benzene rings is 1. The summed E-state index contributed by atoms with van der Waals surface area (Å²) in [5, 5.41) is 14.2.